The van der Waals surface area contributed by atoms with Gasteiger partial charge in [-0.15, -0.1) is 0 Å². The van der Waals surface area contributed by atoms with Gasteiger partial charge in [0.15, 0.2) is 6.61 Å². The van der Waals surface area contributed by atoms with Gasteiger partial charge in [-0.3, -0.25) is 4.79 Å². The summed E-state index contributed by atoms with van der Waals surface area (Å²) in [5.41, 5.74) is 8.25. The first kappa shape index (κ1) is 13.9. The molecule has 2 aromatic carbocycles. The number of nitrogens with two attached hydrogens (primary N) is 1. The predicted octanol–water partition coefficient (Wildman–Crippen LogP) is 2.85. The van der Waals surface area contributed by atoms with Gasteiger partial charge >= 0.3 is 0 Å². The van der Waals surface area contributed by atoms with Crippen LogP contribution in [0.4, 0.5) is 11.4 Å². The van der Waals surface area contributed by atoms with E-state index >= 15 is 0 Å². The quantitative estimate of drug-likeness (QED) is 0.821. The molecule has 0 unspecified atom stereocenters. The summed E-state index contributed by atoms with van der Waals surface area (Å²) in [4.78, 5) is 11.8. The molecule has 0 aliphatic rings. The van der Waals surface area contributed by atoms with E-state index in [1.54, 1.807) is 12.1 Å². The summed E-state index contributed by atoms with van der Waals surface area (Å²) < 4.78 is 5.38. The molecule has 0 heterocycles. The summed E-state index contributed by atoms with van der Waals surface area (Å²) in [6, 6.07) is 14.8. The number of nitrogen functional groups attached to an aromatic ring is 1. The molecule has 3 N–H and O–H groups in total. The third-order valence-electron chi connectivity index (χ3n) is 2.92. The second-order valence-electron chi connectivity index (χ2n) is 4.43. The van der Waals surface area contributed by atoms with E-state index < -0.39 is 0 Å². The second kappa shape index (κ2) is 6.61. The third-order valence-corrected chi connectivity index (χ3v) is 2.92. The first-order chi connectivity index (χ1) is 9.69. The minimum atomic E-state index is -0.211. The molecule has 104 valence electrons. The van der Waals surface area contributed by atoms with Crippen molar-refractivity contribution in [3.8, 4) is 5.75 Å². The van der Waals surface area contributed by atoms with Gasteiger partial charge in [-0.25, -0.2) is 0 Å². The molecule has 2 aromatic rings. The van der Waals surface area contributed by atoms with Crippen molar-refractivity contribution in [3.05, 3.63) is 54.1 Å². The largest absolute Gasteiger partial charge is 0.482 e. The molecule has 20 heavy (non-hydrogen) atoms. The van der Waals surface area contributed by atoms with Crippen molar-refractivity contribution in [1.82, 2.24) is 0 Å². The standard InChI is InChI=1S/C16H18N2O2/c1-2-12-7-9-13(10-8-12)18-16(19)11-20-15-6-4-3-5-14(15)17/h3-10H,2,11,17H2,1H3,(H,18,19). The maximum Gasteiger partial charge on any atom is 0.262 e. The van der Waals surface area contributed by atoms with E-state index in [4.69, 9.17) is 10.5 Å². The van der Waals surface area contributed by atoms with Crippen molar-refractivity contribution < 1.29 is 9.53 Å². The Morgan fingerprint density at radius 3 is 2.50 bits per heavy atom. The molecule has 0 radical (unpaired) electrons. The maximum absolute atomic E-state index is 11.8. The highest BCUT2D eigenvalue weighted by atomic mass is 16.5. The summed E-state index contributed by atoms with van der Waals surface area (Å²) >= 11 is 0. The molecule has 0 aliphatic carbocycles. The van der Waals surface area contributed by atoms with Crippen LogP contribution in [0, 0.1) is 0 Å². The minimum Gasteiger partial charge on any atom is -0.482 e. The number of hydrogen-bond donors (Lipinski definition) is 2. The van der Waals surface area contributed by atoms with Crippen LogP contribution in [0.1, 0.15) is 12.5 Å². The number of carbonyl (C=O) groups is 1. The van der Waals surface area contributed by atoms with Gasteiger partial charge in [0.1, 0.15) is 5.75 Å². The lowest BCUT2D eigenvalue weighted by Gasteiger charge is -2.09. The summed E-state index contributed by atoms with van der Waals surface area (Å²) in [5, 5.41) is 2.78. The van der Waals surface area contributed by atoms with Crippen LogP contribution >= 0.6 is 0 Å². The van der Waals surface area contributed by atoms with Crippen LogP contribution < -0.4 is 15.8 Å². The first-order valence-corrected chi connectivity index (χ1v) is 6.55. The number of para-hydroxylation sites is 2. The molecule has 0 aromatic heterocycles. The van der Waals surface area contributed by atoms with E-state index in [1.165, 1.54) is 5.56 Å². The summed E-state index contributed by atoms with van der Waals surface area (Å²) in [6.45, 7) is 2.02. The van der Waals surface area contributed by atoms with E-state index in [-0.39, 0.29) is 12.5 Å². The van der Waals surface area contributed by atoms with E-state index in [1.807, 2.05) is 36.4 Å². The molecule has 0 bridgehead atoms. The van der Waals surface area contributed by atoms with E-state index in [9.17, 15) is 4.79 Å². The Hall–Kier alpha value is -2.49. The Kier molecular flexibility index (Phi) is 4.60. The summed E-state index contributed by atoms with van der Waals surface area (Å²) in [5.74, 6) is 0.307. The highest BCUT2D eigenvalue weighted by Gasteiger charge is 2.05. The number of ether oxygens (including phenoxy) is 1. The van der Waals surface area contributed by atoms with E-state index in [2.05, 4.69) is 12.2 Å². The molecule has 0 saturated heterocycles. The van der Waals surface area contributed by atoms with Crippen LogP contribution in [0.25, 0.3) is 0 Å². The van der Waals surface area contributed by atoms with Gasteiger partial charge in [-0.1, -0.05) is 31.2 Å². The lowest BCUT2D eigenvalue weighted by Crippen LogP contribution is -2.20. The van der Waals surface area contributed by atoms with Crippen molar-refractivity contribution in [2.24, 2.45) is 0 Å². The van der Waals surface area contributed by atoms with Crippen LogP contribution in [0.5, 0.6) is 5.75 Å². The number of anilines is 2. The fraction of sp³-hybridized carbons (Fsp3) is 0.188. The lowest BCUT2D eigenvalue weighted by molar-refractivity contribution is -0.118. The van der Waals surface area contributed by atoms with E-state index in [0.717, 1.165) is 12.1 Å². The number of aryl methyl sites for hydroxylation is 1. The Morgan fingerprint density at radius 1 is 1.15 bits per heavy atom. The number of carbonyl (C=O) groups excluding carboxylic acids is 1. The Bertz CT molecular complexity index is 579. The second-order valence-corrected chi connectivity index (χ2v) is 4.43. The number of hydrogen-bond acceptors (Lipinski definition) is 3. The average Bonchev–Trinajstić information content (AvgIpc) is 2.47. The molecule has 4 heteroatoms. The van der Waals surface area contributed by atoms with Crippen molar-refractivity contribution >= 4 is 17.3 Å². The number of amides is 1. The van der Waals surface area contributed by atoms with Gasteiger partial charge in [-0.2, -0.15) is 0 Å². The smallest absolute Gasteiger partial charge is 0.262 e. The molecule has 4 nitrogen and oxygen atoms in total. The maximum atomic E-state index is 11.8. The molecular formula is C16H18N2O2. The van der Waals surface area contributed by atoms with Gasteiger partial charge in [0.25, 0.3) is 5.91 Å². The predicted molar refractivity (Wildman–Crippen MR) is 80.8 cm³/mol. The van der Waals surface area contributed by atoms with Gasteiger partial charge in [-0.05, 0) is 36.2 Å². The van der Waals surface area contributed by atoms with Gasteiger partial charge in [0, 0.05) is 5.69 Å². The van der Waals surface area contributed by atoms with Gasteiger partial charge in [0.2, 0.25) is 0 Å². The molecule has 0 aliphatic heterocycles. The molecule has 1 amide bonds. The zero-order valence-electron chi connectivity index (χ0n) is 11.4. The van der Waals surface area contributed by atoms with Crippen LogP contribution in [0.3, 0.4) is 0 Å². The van der Waals surface area contributed by atoms with Crippen molar-refractivity contribution in [2.45, 2.75) is 13.3 Å². The third kappa shape index (κ3) is 3.75. The zero-order valence-corrected chi connectivity index (χ0v) is 11.4. The molecule has 0 fully saturated rings. The molecular weight excluding hydrogens is 252 g/mol. The molecule has 0 spiro atoms. The van der Waals surface area contributed by atoms with Crippen molar-refractivity contribution in [2.75, 3.05) is 17.7 Å². The van der Waals surface area contributed by atoms with Crippen LogP contribution in [-0.2, 0) is 11.2 Å². The van der Waals surface area contributed by atoms with Crippen LogP contribution in [0.15, 0.2) is 48.5 Å². The monoisotopic (exact) mass is 270 g/mol. The minimum absolute atomic E-state index is 0.0657. The number of benzene rings is 2. The number of nitrogens with one attached hydrogen (secondary N) is 1. The van der Waals surface area contributed by atoms with Gasteiger partial charge < -0.3 is 15.8 Å². The highest BCUT2D eigenvalue weighted by Crippen LogP contribution is 2.19. The SMILES string of the molecule is CCc1ccc(NC(=O)COc2ccccc2N)cc1. The summed E-state index contributed by atoms with van der Waals surface area (Å²) in [6.07, 6.45) is 0.977. The van der Waals surface area contributed by atoms with E-state index in [0.29, 0.717) is 11.4 Å². The van der Waals surface area contributed by atoms with Crippen LogP contribution in [0.2, 0.25) is 0 Å². The van der Waals surface area contributed by atoms with Crippen molar-refractivity contribution in [3.63, 3.8) is 0 Å². The zero-order chi connectivity index (χ0) is 14.4. The Morgan fingerprint density at radius 2 is 1.85 bits per heavy atom. The van der Waals surface area contributed by atoms with Crippen LogP contribution in [-0.4, -0.2) is 12.5 Å². The van der Waals surface area contributed by atoms with Crippen molar-refractivity contribution in [1.29, 1.82) is 0 Å². The Balaban J connectivity index is 1.87. The first-order valence-electron chi connectivity index (χ1n) is 6.55. The summed E-state index contributed by atoms with van der Waals surface area (Å²) in [7, 11) is 0. The highest BCUT2D eigenvalue weighted by molar-refractivity contribution is 5.91. The normalized spacial score (nSPS) is 10.1. The topological polar surface area (TPSA) is 64.3 Å². The fourth-order valence-electron chi connectivity index (χ4n) is 1.78. The fourth-order valence-corrected chi connectivity index (χ4v) is 1.78. The number of rotatable bonds is 5. The van der Waals surface area contributed by atoms with Gasteiger partial charge in [0.05, 0.1) is 5.69 Å². The lowest BCUT2D eigenvalue weighted by atomic mass is 10.1. The Labute approximate surface area is 118 Å². The molecule has 0 atom stereocenters. The molecule has 0 saturated carbocycles. The average molecular weight is 270 g/mol. The molecule has 2 rings (SSSR count).